The van der Waals surface area contributed by atoms with E-state index in [-0.39, 0.29) is 0 Å². The fraction of sp³-hybridized carbons (Fsp3) is 1.00. The molecule has 0 saturated carbocycles. The SMILES string of the molecule is IOC1CCCS1.O=S(=O)(O)C(F)(F)F. The minimum Gasteiger partial charge on any atom is -0.301 e. The molecular weight excluding hydrogens is 372 g/mol. The van der Waals surface area contributed by atoms with Crippen LogP contribution < -0.4 is 0 Å². The molecule has 4 nitrogen and oxygen atoms in total. The van der Waals surface area contributed by atoms with E-state index in [1.54, 1.807) is 0 Å². The van der Waals surface area contributed by atoms with Crippen LogP contribution in [0, 0.1) is 0 Å². The van der Waals surface area contributed by atoms with Crippen molar-refractivity contribution in [3.05, 3.63) is 0 Å². The van der Waals surface area contributed by atoms with Crippen molar-refractivity contribution in [3.8, 4) is 0 Å². The smallest absolute Gasteiger partial charge is 0.301 e. The van der Waals surface area contributed by atoms with Crippen LogP contribution in [0.25, 0.3) is 0 Å². The highest BCUT2D eigenvalue weighted by atomic mass is 127. The van der Waals surface area contributed by atoms with Crippen LogP contribution in [0.1, 0.15) is 12.8 Å². The van der Waals surface area contributed by atoms with Gasteiger partial charge in [-0.25, -0.2) is 0 Å². The number of hydrogen-bond donors (Lipinski definition) is 1. The van der Waals surface area contributed by atoms with Gasteiger partial charge in [0.2, 0.25) is 0 Å². The first-order valence-corrected chi connectivity index (χ1v) is 6.98. The van der Waals surface area contributed by atoms with E-state index in [0.29, 0.717) is 5.44 Å². The van der Waals surface area contributed by atoms with Crippen LogP contribution in [0.15, 0.2) is 0 Å². The topological polar surface area (TPSA) is 63.6 Å². The first kappa shape index (κ1) is 15.7. The van der Waals surface area contributed by atoms with Crippen molar-refractivity contribution in [1.29, 1.82) is 0 Å². The van der Waals surface area contributed by atoms with Crippen LogP contribution in [0.2, 0.25) is 0 Å². The maximum absolute atomic E-state index is 10.7. The summed E-state index contributed by atoms with van der Waals surface area (Å²) in [6.07, 6.45) is 2.58. The highest BCUT2D eigenvalue weighted by Gasteiger charge is 2.44. The molecule has 0 aliphatic carbocycles. The standard InChI is InChI=1S/C4H7IOS.CHF3O3S/c5-6-4-2-1-3-7-4;2-1(3,4)8(5,6)7/h4H,1-3H2;(H,5,6,7). The molecule has 1 fully saturated rings. The molecule has 0 aromatic rings. The van der Waals surface area contributed by atoms with E-state index in [9.17, 15) is 13.2 Å². The first-order valence-electron chi connectivity index (χ1n) is 3.61. The zero-order valence-electron chi connectivity index (χ0n) is 7.20. The van der Waals surface area contributed by atoms with Gasteiger partial charge in [-0.3, -0.25) is 4.55 Å². The Morgan fingerprint density at radius 2 is 1.93 bits per heavy atom. The van der Waals surface area contributed by atoms with Crippen molar-refractivity contribution in [2.45, 2.75) is 23.8 Å². The summed E-state index contributed by atoms with van der Waals surface area (Å²) in [6.45, 7) is 0. The van der Waals surface area contributed by atoms with Gasteiger partial charge in [0, 0.05) is 0 Å². The van der Waals surface area contributed by atoms with Gasteiger partial charge >= 0.3 is 15.6 Å². The molecule has 0 aromatic carbocycles. The Labute approximate surface area is 103 Å². The summed E-state index contributed by atoms with van der Waals surface area (Å²) in [5.74, 6) is 1.29. The molecule has 1 aliphatic rings. The molecule has 1 unspecified atom stereocenters. The molecule has 1 saturated heterocycles. The molecule has 15 heavy (non-hydrogen) atoms. The minimum atomic E-state index is -5.84. The van der Waals surface area contributed by atoms with E-state index in [1.165, 1.54) is 18.6 Å². The van der Waals surface area contributed by atoms with E-state index < -0.39 is 15.6 Å². The molecule has 0 aromatic heterocycles. The third-order valence-corrected chi connectivity index (χ3v) is 4.05. The molecule has 1 N–H and O–H groups in total. The maximum Gasteiger partial charge on any atom is 0.522 e. The summed E-state index contributed by atoms with van der Waals surface area (Å²) in [7, 11) is -5.84. The van der Waals surface area contributed by atoms with Gasteiger partial charge in [0.1, 0.15) is 28.4 Å². The van der Waals surface area contributed by atoms with Gasteiger partial charge in [-0.2, -0.15) is 21.6 Å². The van der Waals surface area contributed by atoms with E-state index >= 15 is 0 Å². The Morgan fingerprint density at radius 1 is 1.47 bits per heavy atom. The van der Waals surface area contributed by atoms with Gasteiger partial charge in [0.05, 0.1) is 0 Å². The Hall–Kier alpha value is 0.740. The van der Waals surface area contributed by atoms with Crippen molar-refractivity contribution < 1.29 is 29.2 Å². The normalized spacial score (nSPS) is 22.1. The van der Waals surface area contributed by atoms with Crippen LogP contribution in [0.5, 0.6) is 0 Å². The van der Waals surface area contributed by atoms with Crippen molar-refractivity contribution in [2.24, 2.45) is 0 Å². The third kappa shape index (κ3) is 6.81. The molecule has 1 aliphatic heterocycles. The Bertz CT molecular complexity index is 272. The summed E-state index contributed by atoms with van der Waals surface area (Å²) >= 11 is 3.88. The van der Waals surface area contributed by atoms with Crippen molar-refractivity contribution in [3.63, 3.8) is 0 Å². The van der Waals surface area contributed by atoms with Crippen molar-refractivity contribution in [1.82, 2.24) is 0 Å². The van der Waals surface area contributed by atoms with Crippen molar-refractivity contribution >= 4 is 44.9 Å². The van der Waals surface area contributed by atoms with Gasteiger partial charge in [-0.05, 0) is 18.6 Å². The lowest BCUT2D eigenvalue weighted by Gasteiger charge is -1.98. The van der Waals surface area contributed by atoms with E-state index in [0.717, 1.165) is 0 Å². The molecule has 1 rings (SSSR count). The van der Waals surface area contributed by atoms with Gasteiger partial charge in [0.25, 0.3) is 0 Å². The van der Waals surface area contributed by atoms with Crippen LogP contribution in [-0.2, 0) is 13.2 Å². The molecule has 1 heterocycles. The highest BCUT2D eigenvalue weighted by Crippen LogP contribution is 2.28. The summed E-state index contributed by atoms with van der Waals surface area (Å²) in [5.41, 5.74) is -5.03. The molecule has 0 radical (unpaired) electrons. The number of thioether (sulfide) groups is 1. The Morgan fingerprint density at radius 3 is 2.07 bits per heavy atom. The lowest BCUT2D eigenvalue weighted by Crippen LogP contribution is -2.21. The molecule has 0 amide bonds. The van der Waals surface area contributed by atoms with Gasteiger partial charge in [-0.1, -0.05) is 0 Å². The van der Waals surface area contributed by atoms with E-state index in [4.69, 9.17) is 16.0 Å². The monoisotopic (exact) mass is 380 g/mol. The maximum atomic E-state index is 10.7. The Balaban J connectivity index is 0.000000262. The molecule has 92 valence electrons. The summed E-state index contributed by atoms with van der Waals surface area (Å²) in [5, 5.41) is 0. The van der Waals surface area contributed by atoms with Crippen LogP contribution in [0.3, 0.4) is 0 Å². The fourth-order valence-corrected chi connectivity index (χ4v) is 2.29. The lowest BCUT2D eigenvalue weighted by molar-refractivity contribution is -0.0510. The van der Waals surface area contributed by atoms with E-state index in [2.05, 4.69) is 0 Å². The zero-order chi connectivity index (χ0) is 12.1. The molecule has 0 spiro atoms. The zero-order valence-corrected chi connectivity index (χ0v) is 11.0. The minimum absolute atomic E-state index is 0.501. The lowest BCUT2D eigenvalue weighted by atomic mass is 10.4. The number of rotatable bonds is 1. The Kier molecular flexibility index (Phi) is 6.79. The number of alkyl halides is 3. The molecular formula is C5H8F3IO4S2. The van der Waals surface area contributed by atoms with Crippen LogP contribution in [0.4, 0.5) is 13.2 Å². The average Bonchev–Trinajstić information content (AvgIpc) is 2.52. The number of halogens is 4. The third-order valence-electron chi connectivity index (χ3n) is 1.28. The highest BCUT2D eigenvalue weighted by molar-refractivity contribution is 14.1. The quantitative estimate of drug-likeness (QED) is 0.431. The second-order valence-electron chi connectivity index (χ2n) is 2.45. The summed E-state index contributed by atoms with van der Waals surface area (Å²) in [6, 6.07) is 0. The molecule has 1 atom stereocenters. The van der Waals surface area contributed by atoms with E-state index in [1.807, 2.05) is 34.8 Å². The van der Waals surface area contributed by atoms with Gasteiger partial charge in [-0.15, -0.1) is 11.8 Å². The van der Waals surface area contributed by atoms with Crippen LogP contribution in [-0.4, -0.2) is 29.7 Å². The van der Waals surface area contributed by atoms with Gasteiger partial charge < -0.3 is 3.07 Å². The predicted octanol–water partition coefficient (Wildman–Crippen LogP) is 2.60. The molecule has 0 bridgehead atoms. The fourth-order valence-electron chi connectivity index (χ4n) is 0.618. The summed E-state index contributed by atoms with van der Waals surface area (Å²) in [4.78, 5) is 0. The molecule has 10 heteroatoms. The van der Waals surface area contributed by atoms with Crippen LogP contribution >= 0.6 is 34.8 Å². The van der Waals surface area contributed by atoms with Crippen molar-refractivity contribution in [2.75, 3.05) is 5.75 Å². The average molecular weight is 380 g/mol. The van der Waals surface area contributed by atoms with Gasteiger partial charge in [0.15, 0.2) is 0 Å². The number of hydrogen-bond acceptors (Lipinski definition) is 4. The predicted molar refractivity (Wildman–Crippen MR) is 58.2 cm³/mol. The second-order valence-corrected chi connectivity index (χ2v) is 5.64. The largest absolute Gasteiger partial charge is 0.522 e. The second kappa shape index (κ2) is 6.47. The summed E-state index contributed by atoms with van der Waals surface area (Å²) < 4.78 is 62.6. The first-order chi connectivity index (χ1) is 6.68.